The van der Waals surface area contributed by atoms with Crippen molar-refractivity contribution in [2.45, 2.75) is 46.0 Å². The number of unbranched alkanes of at least 4 members (excludes halogenated alkanes) is 1. The molecular formula is C19H22S3. The fourth-order valence-electron chi connectivity index (χ4n) is 2.49. The number of thiophene rings is 3. The van der Waals surface area contributed by atoms with Crippen LogP contribution in [0.3, 0.4) is 0 Å². The molecule has 0 nitrogen and oxygen atoms in total. The molecule has 0 aliphatic rings. The largest absolute Gasteiger partial charge is 0.139 e. The third-order valence-corrected chi connectivity index (χ3v) is 7.45. The summed E-state index contributed by atoms with van der Waals surface area (Å²) in [7, 11) is 0. The topological polar surface area (TPSA) is 0 Å². The van der Waals surface area contributed by atoms with Crippen LogP contribution in [0.15, 0.2) is 36.4 Å². The fraction of sp³-hybridized carbons (Fsp3) is 0.368. The Morgan fingerprint density at radius 2 is 1.09 bits per heavy atom. The second-order valence-electron chi connectivity index (χ2n) is 5.55. The lowest BCUT2D eigenvalue weighted by atomic mass is 10.2. The van der Waals surface area contributed by atoms with Crippen molar-refractivity contribution in [3.63, 3.8) is 0 Å². The standard InChI is InChI=1S/C19H22S3/c1-3-5-7-15-9-11-17(21-15)19-13-12-18(22-19)16-10-8-14(20-16)6-4-2/h8-13H,3-7H2,1-2H3. The number of rotatable bonds is 7. The molecule has 0 radical (unpaired) electrons. The van der Waals surface area contributed by atoms with E-state index in [9.17, 15) is 0 Å². The Morgan fingerprint density at radius 1 is 0.591 bits per heavy atom. The van der Waals surface area contributed by atoms with Crippen molar-refractivity contribution in [1.29, 1.82) is 0 Å². The van der Waals surface area contributed by atoms with E-state index in [-0.39, 0.29) is 0 Å². The van der Waals surface area contributed by atoms with Gasteiger partial charge in [0, 0.05) is 29.3 Å². The normalized spacial score (nSPS) is 11.2. The summed E-state index contributed by atoms with van der Waals surface area (Å²) in [6, 6.07) is 13.7. The van der Waals surface area contributed by atoms with Crippen LogP contribution in [0.5, 0.6) is 0 Å². The first-order valence-electron chi connectivity index (χ1n) is 8.08. The molecule has 0 aromatic carbocycles. The molecule has 3 heteroatoms. The molecule has 0 amide bonds. The highest BCUT2D eigenvalue weighted by atomic mass is 32.1. The minimum Gasteiger partial charge on any atom is -0.139 e. The van der Waals surface area contributed by atoms with Crippen molar-refractivity contribution in [1.82, 2.24) is 0 Å². The van der Waals surface area contributed by atoms with Crippen LogP contribution >= 0.6 is 34.0 Å². The van der Waals surface area contributed by atoms with Crippen LogP contribution in [0.2, 0.25) is 0 Å². The van der Waals surface area contributed by atoms with Crippen LogP contribution < -0.4 is 0 Å². The Hall–Kier alpha value is -0.900. The maximum Gasteiger partial charge on any atom is 0.0449 e. The van der Waals surface area contributed by atoms with E-state index in [1.807, 2.05) is 34.0 Å². The molecule has 0 atom stereocenters. The highest BCUT2D eigenvalue weighted by Gasteiger charge is 2.09. The Balaban J connectivity index is 1.76. The first kappa shape index (κ1) is 16.0. The summed E-state index contributed by atoms with van der Waals surface area (Å²) in [5.41, 5.74) is 0. The molecule has 0 aliphatic heterocycles. The lowest BCUT2D eigenvalue weighted by molar-refractivity contribution is 0.804. The summed E-state index contributed by atoms with van der Waals surface area (Å²) < 4.78 is 0. The third kappa shape index (κ3) is 3.70. The summed E-state index contributed by atoms with van der Waals surface area (Å²) in [6.07, 6.45) is 6.23. The molecule has 116 valence electrons. The van der Waals surface area contributed by atoms with Crippen LogP contribution in [-0.2, 0) is 12.8 Å². The second kappa shape index (κ2) is 7.58. The molecule has 0 aliphatic carbocycles. The van der Waals surface area contributed by atoms with Crippen molar-refractivity contribution in [3.05, 3.63) is 46.2 Å². The van der Waals surface area contributed by atoms with E-state index < -0.39 is 0 Å². The number of aryl methyl sites for hydroxylation is 2. The Bertz CT molecular complexity index is 714. The molecule has 0 saturated heterocycles. The quantitative estimate of drug-likeness (QED) is 0.415. The zero-order chi connectivity index (χ0) is 15.4. The van der Waals surface area contributed by atoms with Gasteiger partial charge < -0.3 is 0 Å². The van der Waals surface area contributed by atoms with Crippen LogP contribution in [-0.4, -0.2) is 0 Å². The smallest absolute Gasteiger partial charge is 0.0449 e. The molecule has 3 rings (SSSR count). The van der Waals surface area contributed by atoms with Crippen molar-refractivity contribution in [2.24, 2.45) is 0 Å². The summed E-state index contributed by atoms with van der Waals surface area (Å²) in [6.45, 7) is 4.50. The molecule has 0 unspecified atom stereocenters. The van der Waals surface area contributed by atoms with Crippen molar-refractivity contribution in [2.75, 3.05) is 0 Å². The molecule has 0 N–H and O–H groups in total. The predicted octanol–water partition coefficient (Wildman–Crippen LogP) is 7.50. The number of hydrogen-bond acceptors (Lipinski definition) is 3. The molecule has 0 saturated carbocycles. The maximum atomic E-state index is 2.31. The first-order valence-corrected chi connectivity index (χ1v) is 10.5. The summed E-state index contributed by atoms with van der Waals surface area (Å²) in [5.74, 6) is 0. The van der Waals surface area contributed by atoms with E-state index in [4.69, 9.17) is 0 Å². The molecule has 3 heterocycles. The van der Waals surface area contributed by atoms with Gasteiger partial charge in [-0.25, -0.2) is 0 Å². The van der Waals surface area contributed by atoms with Crippen molar-refractivity contribution < 1.29 is 0 Å². The van der Waals surface area contributed by atoms with Gasteiger partial charge >= 0.3 is 0 Å². The maximum absolute atomic E-state index is 2.31. The lowest BCUT2D eigenvalue weighted by Crippen LogP contribution is -1.76. The third-order valence-electron chi connectivity index (χ3n) is 3.69. The minimum atomic E-state index is 1.20. The van der Waals surface area contributed by atoms with E-state index >= 15 is 0 Å². The van der Waals surface area contributed by atoms with Gasteiger partial charge in [-0.2, -0.15) is 0 Å². The predicted molar refractivity (Wildman–Crippen MR) is 104 cm³/mol. The van der Waals surface area contributed by atoms with E-state index in [1.165, 1.54) is 61.4 Å². The Morgan fingerprint density at radius 3 is 1.64 bits per heavy atom. The average Bonchev–Trinajstić information content (AvgIpc) is 3.24. The van der Waals surface area contributed by atoms with E-state index in [2.05, 4.69) is 50.2 Å². The highest BCUT2D eigenvalue weighted by molar-refractivity contribution is 7.26. The van der Waals surface area contributed by atoms with Gasteiger partial charge in [-0.15, -0.1) is 34.0 Å². The van der Waals surface area contributed by atoms with Gasteiger partial charge in [-0.05, 0) is 55.7 Å². The second-order valence-corrected chi connectivity index (χ2v) is 8.97. The SMILES string of the molecule is CCCCc1ccc(-c2ccc(-c3ccc(CCC)s3)s2)s1. The van der Waals surface area contributed by atoms with E-state index in [1.54, 1.807) is 0 Å². The zero-order valence-electron chi connectivity index (χ0n) is 13.2. The molecule has 0 spiro atoms. The molecule has 3 aromatic rings. The lowest BCUT2D eigenvalue weighted by Gasteiger charge is -1.93. The van der Waals surface area contributed by atoms with Crippen molar-refractivity contribution >= 4 is 34.0 Å². The highest BCUT2D eigenvalue weighted by Crippen LogP contribution is 2.40. The van der Waals surface area contributed by atoms with Gasteiger partial charge in [-0.3, -0.25) is 0 Å². The van der Waals surface area contributed by atoms with E-state index in [0.717, 1.165) is 0 Å². The molecule has 0 fully saturated rings. The van der Waals surface area contributed by atoms with Gasteiger partial charge in [0.15, 0.2) is 0 Å². The molecule has 3 aromatic heterocycles. The van der Waals surface area contributed by atoms with Crippen LogP contribution in [0.4, 0.5) is 0 Å². The monoisotopic (exact) mass is 346 g/mol. The molecular weight excluding hydrogens is 324 g/mol. The summed E-state index contributed by atoms with van der Waals surface area (Å²) >= 11 is 5.84. The Kier molecular flexibility index (Phi) is 5.51. The average molecular weight is 347 g/mol. The fourth-order valence-corrected chi connectivity index (χ4v) is 5.84. The number of hydrogen-bond donors (Lipinski definition) is 0. The van der Waals surface area contributed by atoms with Gasteiger partial charge in [0.1, 0.15) is 0 Å². The van der Waals surface area contributed by atoms with Crippen LogP contribution in [0.25, 0.3) is 19.5 Å². The molecule has 0 bridgehead atoms. The summed E-state index contributed by atoms with van der Waals surface area (Å²) in [4.78, 5) is 8.69. The summed E-state index contributed by atoms with van der Waals surface area (Å²) in [5, 5.41) is 0. The van der Waals surface area contributed by atoms with Gasteiger partial charge in [0.2, 0.25) is 0 Å². The first-order chi connectivity index (χ1) is 10.8. The Labute approximate surface area is 145 Å². The van der Waals surface area contributed by atoms with Crippen LogP contribution in [0.1, 0.15) is 42.9 Å². The minimum absolute atomic E-state index is 1.20. The van der Waals surface area contributed by atoms with Gasteiger partial charge in [0.25, 0.3) is 0 Å². The van der Waals surface area contributed by atoms with Gasteiger partial charge in [-0.1, -0.05) is 26.7 Å². The van der Waals surface area contributed by atoms with Crippen molar-refractivity contribution in [3.8, 4) is 19.5 Å². The van der Waals surface area contributed by atoms with Crippen LogP contribution in [0, 0.1) is 0 Å². The van der Waals surface area contributed by atoms with Gasteiger partial charge in [0.05, 0.1) is 0 Å². The zero-order valence-corrected chi connectivity index (χ0v) is 15.7. The molecule has 22 heavy (non-hydrogen) atoms. The van der Waals surface area contributed by atoms with E-state index in [0.29, 0.717) is 0 Å².